The third kappa shape index (κ3) is 2.17. The van der Waals surface area contributed by atoms with Crippen LogP contribution in [-0.4, -0.2) is 4.98 Å². The van der Waals surface area contributed by atoms with Crippen molar-refractivity contribution in [2.45, 2.75) is 19.4 Å². The van der Waals surface area contributed by atoms with Gasteiger partial charge >= 0.3 is 0 Å². The second kappa shape index (κ2) is 3.87. The highest BCUT2D eigenvalue weighted by Crippen LogP contribution is 2.17. The maximum absolute atomic E-state index is 8.47. The molecule has 0 radical (unpaired) electrons. The first-order valence-electron chi connectivity index (χ1n) is 4.00. The van der Waals surface area contributed by atoms with Gasteiger partial charge in [-0.3, -0.25) is 0 Å². The van der Waals surface area contributed by atoms with Crippen molar-refractivity contribution >= 4 is 5.82 Å². The lowest BCUT2D eigenvalue weighted by molar-refractivity contribution is 0.736. The molecule has 1 unspecified atom stereocenters. The summed E-state index contributed by atoms with van der Waals surface area (Å²) in [6.45, 7) is 1.84. The zero-order valence-corrected chi connectivity index (χ0v) is 7.49. The predicted molar refractivity (Wildman–Crippen MR) is 50.5 cm³/mol. The van der Waals surface area contributed by atoms with E-state index in [1.807, 2.05) is 19.1 Å². The quantitative estimate of drug-likeness (QED) is 0.700. The highest BCUT2D eigenvalue weighted by molar-refractivity contribution is 5.35. The minimum absolute atomic E-state index is 0.266. The summed E-state index contributed by atoms with van der Waals surface area (Å²) in [6.07, 6.45) is 0.298. The summed E-state index contributed by atoms with van der Waals surface area (Å²) >= 11 is 0. The van der Waals surface area contributed by atoms with E-state index in [1.165, 1.54) is 0 Å². The molecule has 4 heteroatoms. The van der Waals surface area contributed by atoms with Crippen molar-refractivity contribution in [1.29, 1.82) is 5.26 Å². The summed E-state index contributed by atoms with van der Waals surface area (Å²) in [6, 6.07) is 5.27. The van der Waals surface area contributed by atoms with Crippen molar-refractivity contribution in [3.63, 3.8) is 0 Å². The van der Waals surface area contributed by atoms with Gasteiger partial charge in [0, 0.05) is 11.7 Å². The number of pyridine rings is 1. The van der Waals surface area contributed by atoms with E-state index in [-0.39, 0.29) is 6.04 Å². The first-order valence-corrected chi connectivity index (χ1v) is 4.00. The van der Waals surface area contributed by atoms with Crippen LogP contribution in [0.1, 0.15) is 23.7 Å². The maximum atomic E-state index is 8.47. The average molecular weight is 176 g/mol. The molecule has 0 spiro atoms. The Hall–Kier alpha value is -1.60. The Balaban J connectivity index is 2.96. The van der Waals surface area contributed by atoms with Crippen LogP contribution in [0, 0.1) is 18.3 Å². The molecule has 0 fully saturated rings. The standard InChI is InChI=1S/C9H12N4/c1-6-7(8(11)4-5-10)2-3-9(12)13-6/h2-3,8H,4,11H2,1H3,(H2,12,13). The van der Waals surface area contributed by atoms with Gasteiger partial charge in [-0.2, -0.15) is 5.26 Å². The summed E-state index contributed by atoms with van der Waals surface area (Å²) in [4.78, 5) is 4.07. The van der Waals surface area contributed by atoms with Crippen LogP contribution >= 0.6 is 0 Å². The summed E-state index contributed by atoms with van der Waals surface area (Å²) < 4.78 is 0. The zero-order chi connectivity index (χ0) is 9.84. The number of hydrogen-bond donors (Lipinski definition) is 2. The number of hydrogen-bond acceptors (Lipinski definition) is 4. The number of nitrogen functional groups attached to an aromatic ring is 1. The molecule has 13 heavy (non-hydrogen) atoms. The number of nitrogens with two attached hydrogens (primary N) is 2. The molecule has 1 aromatic rings. The van der Waals surface area contributed by atoms with Gasteiger partial charge in [0.25, 0.3) is 0 Å². The third-order valence-electron chi connectivity index (χ3n) is 1.86. The Morgan fingerprint density at radius 1 is 1.62 bits per heavy atom. The van der Waals surface area contributed by atoms with E-state index in [0.717, 1.165) is 11.3 Å². The summed E-state index contributed by atoms with van der Waals surface area (Å²) in [7, 11) is 0. The van der Waals surface area contributed by atoms with Crippen molar-refractivity contribution in [2.75, 3.05) is 5.73 Å². The molecule has 1 atom stereocenters. The topological polar surface area (TPSA) is 88.7 Å². The van der Waals surface area contributed by atoms with Crippen LogP contribution in [0.3, 0.4) is 0 Å². The molecule has 1 aromatic heterocycles. The van der Waals surface area contributed by atoms with Gasteiger partial charge < -0.3 is 11.5 Å². The van der Waals surface area contributed by atoms with Gasteiger partial charge in [-0.1, -0.05) is 6.07 Å². The van der Waals surface area contributed by atoms with E-state index >= 15 is 0 Å². The second-order valence-corrected chi connectivity index (χ2v) is 2.88. The number of nitriles is 1. The first kappa shape index (κ1) is 9.49. The fourth-order valence-electron chi connectivity index (χ4n) is 1.19. The Kier molecular flexibility index (Phi) is 2.83. The molecule has 0 aliphatic rings. The molecule has 0 aliphatic carbocycles. The van der Waals surface area contributed by atoms with Crippen LogP contribution in [0.4, 0.5) is 5.82 Å². The number of nitrogens with zero attached hydrogens (tertiary/aromatic N) is 2. The highest BCUT2D eigenvalue weighted by Gasteiger charge is 2.08. The molecule has 0 saturated carbocycles. The largest absolute Gasteiger partial charge is 0.384 e. The van der Waals surface area contributed by atoms with E-state index in [4.69, 9.17) is 16.7 Å². The number of aromatic nitrogens is 1. The van der Waals surface area contributed by atoms with E-state index in [1.54, 1.807) is 6.07 Å². The van der Waals surface area contributed by atoms with Crippen LogP contribution in [-0.2, 0) is 0 Å². The lowest BCUT2D eigenvalue weighted by Crippen LogP contribution is -2.12. The number of aryl methyl sites for hydroxylation is 1. The Labute approximate surface area is 77.2 Å². The summed E-state index contributed by atoms with van der Waals surface area (Å²) in [5, 5.41) is 8.47. The zero-order valence-electron chi connectivity index (χ0n) is 7.49. The summed E-state index contributed by atoms with van der Waals surface area (Å²) in [5.74, 6) is 0.477. The maximum Gasteiger partial charge on any atom is 0.123 e. The molecule has 4 N–H and O–H groups in total. The van der Waals surface area contributed by atoms with Crippen molar-refractivity contribution in [1.82, 2.24) is 4.98 Å². The Morgan fingerprint density at radius 3 is 2.85 bits per heavy atom. The van der Waals surface area contributed by atoms with Crippen LogP contribution in [0.2, 0.25) is 0 Å². The molecule has 0 aromatic carbocycles. The number of rotatable bonds is 2. The molecule has 0 saturated heterocycles. The predicted octanol–water partition coefficient (Wildman–Crippen LogP) is 0.886. The number of anilines is 1. The molecule has 4 nitrogen and oxygen atoms in total. The van der Waals surface area contributed by atoms with Crippen molar-refractivity contribution in [3.05, 3.63) is 23.4 Å². The molecule has 68 valence electrons. The van der Waals surface area contributed by atoms with Gasteiger partial charge in [-0.15, -0.1) is 0 Å². The monoisotopic (exact) mass is 176 g/mol. The van der Waals surface area contributed by atoms with E-state index in [2.05, 4.69) is 4.98 Å². The smallest absolute Gasteiger partial charge is 0.123 e. The molecule has 0 aliphatic heterocycles. The van der Waals surface area contributed by atoms with Crippen molar-refractivity contribution in [2.24, 2.45) is 5.73 Å². The Morgan fingerprint density at radius 2 is 2.31 bits per heavy atom. The van der Waals surface area contributed by atoms with Crippen molar-refractivity contribution in [3.8, 4) is 6.07 Å². The van der Waals surface area contributed by atoms with Crippen LogP contribution < -0.4 is 11.5 Å². The molecular weight excluding hydrogens is 164 g/mol. The molecule has 1 rings (SSSR count). The van der Waals surface area contributed by atoms with Crippen LogP contribution in [0.5, 0.6) is 0 Å². The van der Waals surface area contributed by atoms with E-state index in [9.17, 15) is 0 Å². The second-order valence-electron chi connectivity index (χ2n) is 2.88. The minimum atomic E-state index is -0.266. The SMILES string of the molecule is Cc1nc(N)ccc1C(N)CC#N. The van der Waals surface area contributed by atoms with Gasteiger partial charge in [0.2, 0.25) is 0 Å². The van der Waals surface area contributed by atoms with Crippen LogP contribution in [0.15, 0.2) is 12.1 Å². The molecule has 0 bridgehead atoms. The van der Waals surface area contributed by atoms with E-state index < -0.39 is 0 Å². The Bertz CT molecular complexity index is 340. The lowest BCUT2D eigenvalue weighted by Gasteiger charge is -2.10. The highest BCUT2D eigenvalue weighted by atomic mass is 14.8. The van der Waals surface area contributed by atoms with Gasteiger partial charge in [-0.25, -0.2) is 4.98 Å². The van der Waals surface area contributed by atoms with E-state index in [0.29, 0.717) is 12.2 Å². The fourth-order valence-corrected chi connectivity index (χ4v) is 1.19. The van der Waals surface area contributed by atoms with Gasteiger partial charge in [0.05, 0.1) is 12.5 Å². The molecular formula is C9H12N4. The first-order chi connectivity index (χ1) is 6.15. The molecule has 0 amide bonds. The lowest BCUT2D eigenvalue weighted by atomic mass is 10.0. The van der Waals surface area contributed by atoms with Crippen LogP contribution in [0.25, 0.3) is 0 Å². The third-order valence-corrected chi connectivity index (χ3v) is 1.86. The van der Waals surface area contributed by atoms with Gasteiger partial charge in [0.15, 0.2) is 0 Å². The van der Waals surface area contributed by atoms with Gasteiger partial charge in [0.1, 0.15) is 5.82 Å². The molecule has 1 heterocycles. The average Bonchev–Trinajstić information content (AvgIpc) is 2.04. The minimum Gasteiger partial charge on any atom is -0.384 e. The van der Waals surface area contributed by atoms with Gasteiger partial charge in [-0.05, 0) is 18.6 Å². The fraction of sp³-hybridized carbons (Fsp3) is 0.333. The van der Waals surface area contributed by atoms with Crippen molar-refractivity contribution < 1.29 is 0 Å². The normalized spacial score (nSPS) is 12.1. The summed E-state index contributed by atoms with van der Waals surface area (Å²) in [5.41, 5.74) is 12.9.